The predicted octanol–water partition coefficient (Wildman–Crippen LogP) is 4.89. The number of allylic oxidation sites excluding steroid dienone is 4. The number of Topliss-reactive ketones (excluding diaryl/α,β-unsaturated/α-hetero) is 1. The summed E-state index contributed by atoms with van der Waals surface area (Å²) in [4.78, 5) is 24.1. The van der Waals surface area contributed by atoms with E-state index in [1.807, 2.05) is 13.0 Å². The molecule has 2 aliphatic carbocycles. The molecule has 0 spiro atoms. The maximum absolute atomic E-state index is 12.1. The van der Waals surface area contributed by atoms with E-state index in [0.717, 1.165) is 32.0 Å². The average molecular weight is 361 g/mol. The van der Waals surface area contributed by atoms with Crippen LogP contribution in [0.25, 0.3) is 0 Å². The van der Waals surface area contributed by atoms with Crippen LogP contribution in [-0.2, 0) is 9.59 Å². The Hall–Kier alpha value is -1.22. The zero-order valence-corrected chi connectivity index (χ0v) is 17.3. The number of aliphatic hydroxyl groups is 1. The fraction of sp³-hybridized carbons (Fsp3) is 0.739. The zero-order chi connectivity index (χ0) is 19.7. The summed E-state index contributed by atoms with van der Waals surface area (Å²) >= 11 is 0. The number of rotatable bonds is 6. The highest BCUT2D eigenvalue weighted by molar-refractivity contribution is 5.97. The van der Waals surface area contributed by atoms with E-state index in [1.165, 1.54) is 12.5 Å². The van der Waals surface area contributed by atoms with E-state index in [4.69, 9.17) is 0 Å². The first-order chi connectivity index (χ1) is 12.1. The van der Waals surface area contributed by atoms with E-state index in [0.29, 0.717) is 17.9 Å². The van der Waals surface area contributed by atoms with Gasteiger partial charge in [-0.15, -0.1) is 0 Å². The van der Waals surface area contributed by atoms with Crippen molar-refractivity contribution in [3.05, 3.63) is 23.3 Å². The Kier molecular flexibility index (Phi) is 6.32. The van der Waals surface area contributed by atoms with Crippen LogP contribution < -0.4 is 0 Å². The van der Waals surface area contributed by atoms with E-state index in [2.05, 4.69) is 33.8 Å². The summed E-state index contributed by atoms with van der Waals surface area (Å²) in [6.45, 7) is 12.6. The molecule has 0 unspecified atom stereocenters. The van der Waals surface area contributed by atoms with Crippen molar-refractivity contribution in [1.82, 2.24) is 0 Å². The molecule has 1 fully saturated rings. The molecular formula is C23H36O3. The van der Waals surface area contributed by atoms with Crippen molar-refractivity contribution >= 4 is 12.1 Å². The van der Waals surface area contributed by atoms with Crippen molar-refractivity contribution in [1.29, 1.82) is 0 Å². The molecule has 2 aliphatic rings. The Balaban J connectivity index is 2.44. The lowest BCUT2D eigenvalue weighted by molar-refractivity contribution is -0.156. The third kappa shape index (κ3) is 3.35. The van der Waals surface area contributed by atoms with Gasteiger partial charge in [-0.1, -0.05) is 45.4 Å². The molecule has 0 aromatic carbocycles. The second-order valence-corrected chi connectivity index (χ2v) is 9.08. The molecule has 0 saturated heterocycles. The predicted molar refractivity (Wildman–Crippen MR) is 106 cm³/mol. The summed E-state index contributed by atoms with van der Waals surface area (Å²) in [6, 6.07) is 0. The Morgan fingerprint density at radius 2 is 2.04 bits per heavy atom. The highest BCUT2D eigenvalue weighted by atomic mass is 16.3. The number of aliphatic hydroxyl groups excluding tert-OH is 1. The van der Waals surface area contributed by atoms with E-state index in [9.17, 15) is 14.7 Å². The second kappa shape index (κ2) is 7.80. The minimum absolute atomic E-state index is 0.0403. The van der Waals surface area contributed by atoms with Crippen LogP contribution in [0.15, 0.2) is 23.3 Å². The van der Waals surface area contributed by atoms with Crippen molar-refractivity contribution in [2.45, 2.75) is 79.8 Å². The van der Waals surface area contributed by atoms with Gasteiger partial charge in [-0.05, 0) is 63.2 Å². The Morgan fingerprint density at radius 1 is 1.38 bits per heavy atom. The Bertz CT molecular complexity index is 617. The summed E-state index contributed by atoms with van der Waals surface area (Å²) < 4.78 is 0. The minimum Gasteiger partial charge on any atom is -0.393 e. The molecule has 1 saturated carbocycles. The van der Waals surface area contributed by atoms with Gasteiger partial charge in [0.05, 0.1) is 12.0 Å². The molecule has 0 bridgehead atoms. The van der Waals surface area contributed by atoms with Crippen LogP contribution in [0.3, 0.4) is 0 Å². The third-order valence-electron chi connectivity index (χ3n) is 7.85. The number of fused-ring (bicyclic) bond motifs is 1. The molecule has 3 nitrogen and oxygen atoms in total. The van der Waals surface area contributed by atoms with Gasteiger partial charge in [-0.25, -0.2) is 0 Å². The number of ketones is 1. The minimum atomic E-state index is -0.567. The molecule has 6 atom stereocenters. The number of hydrogen-bond acceptors (Lipinski definition) is 3. The molecule has 2 rings (SSSR count). The summed E-state index contributed by atoms with van der Waals surface area (Å²) in [5.41, 5.74) is 1.48. The smallest absolute Gasteiger partial charge is 0.156 e. The summed E-state index contributed by atoms with van der Waals surface area (Å²) in [5, 5.41) is 10.9. The number of hydrogen-bond donors (Lipinski definition) is 1. The van der Waals surface area contributed by atoms with Crippen molar-refractivity contribution in [3.8, 4) is 0 Å². The molecule has 3 heteroatoms. The van der Waals surface area contributed by atoms with Crippen molar-refractivity contribution in [2.75, 3.05) is 0 Å². The SMILES string of the molecule is CC/C(C)=C/C[C@@H](C)[C@@]1(C)CC[C@H](O)[C@@]2(C)[C@H](C=O)C(C(C)=O)=CC[C@H]12. The third-order valence-corrected chi connectivity index (χ3v) is 7.85. The summed E-state index contributed by atoms with van der Waals surface area (Å²) in [6.07, 6.45) is 9.20. The quantitative estimate of drug-likeness (QED) is 0.542. The first-order valence-corrected chi connectivity index (χ1v) is 10.1. The number of carbonyl (C=O) groups excluding carboxylic acids is 2. The fourth-order valence-electron chi connectivity index (χ4n) is 5.49. The normalized spacial score (nSPS) is 39.0. The van der Waals surface area contributed by atoms with E-state index >= 15 is 0 Å². The molecular weight excluding hydrogens is 324 g/mol. The standard InChI is InChI=1S/C23H36O3/c1-7-15(2)8-9-16(3)22(5)13-12-21(26)23(6)19(14-24)18(17(4)25)10-11-20(22)23/h8,10,14,16,19-21,26H,7,9,11-13H2,1-6H3/b15-8+/t16-,19-,20-,21+,22-,23+/m1/s1. The molecule has 26 heavy (non-hydrogen) atoms. The molecule has 0 amide bonds. The largest absolute Gasteiger partial charge is 0.393 e. The van der Waals surface area contributed by atoms with E-state index < -0.39 is 17.4 Å². The second-order valence-electron chi connectivity index (χ2n) is 9.08. The van der Waals surface area contributed by atoms with Gasteiger partial charge in [-0.3, -0.25) is 4.79 Å². The highest BCUT2D eigenvalue weighted by Gasteiger charge is 2.59. The lowest BCUT2D eigenvalue weighted by Gasteiger charge is -2.60. The van der Waals surface area contributed by atoms with Gasteiger partial charge >= 0.3 is 0 Å². The molecule has 0 heterocycles. The fourth-order valence-corrected chi connectivity index (χ4v) is 5.49. The zero-order valence-electron chi connectivity index (χ0n) is 17.3. The molecule has 0 aliphatic heterocycles. The van der Waals surface area contributed by atoms with Crippen LogP contribution in [0.5, 0.6) is 0 Å². The van der Waals surface area contributed by atoms with Gasteiger partial charge in [0.25, 0.3) is 0 Å². The lowest BCUT2D eigenvalue weighted by atomic mass is 9.44. The van der Waals surface area contributed by atoms with Crippen LogP contribution in [-0.4, -0.2) is 23.3 Å². The average Bonchev–Trinajstić information content (AvgIpc) is 2.61. The molecule has 1 N–H and O–H groups in total. The van der Waals surface area contributed by atoms with Crippen LogP contribution in [0.4, 0.5) is 0 Å². The topological polar surface area (TPSA) is 54.4 Å². The Morgan fingerprint density at radius 3 is 2.58 bits per heavy atom. The molecule has 146 valence electrons. The van der Waals surface area contributed by atoms with Gasteiger partial charge in [0.15, 0.2) is 5.78 Å². The number of carbonyl (C=O) groups is 2. The van der Waals surface area contributed by atoms with Crippen LogP contribution in [0.1, 0.15) is 73.6 Å². The molecule has 0 aromatic rings. The summed E-state index contributed by atoms with van der Waals surface area (Å²) in [5.74, 6) is 0.104. The van der Waals surface area contributed by atoms with Gasteiger partial charge < -0.3 is 9.90 Å². The highest BCUT2D eigenvalue weighted by Crippen LogP contribution is 2.62. The van der Waals surface area contributed by atoms with Crippen molar-refractivity contribution in [3.63, 3.8) is 0 Å². The van der Waals surface area contributed by atoms with Gasteiger partial charge in [0, 0.05) is 11.0 Å². The first kappa shape index (κ1) is 21.1. The van der Waals surface area contributed by atoms with Crippen molar-refractivity contribution in [2.24, 2.45) is 28.6 Å². The van der Waals surface area contributed by atoms with E-state index in [1.54, 1.807) is 0 Å². The van der Waals surface area contributed by atoms with Crippen LogP contribution >= 0.6 is 0 Å². The lowest BCUT2D eigenvalue weighted by Crippen LogP contribution is -2.59. The monoisotopic (exact) mass is 360 g/mol. The number of aldehydes is 1. The summed E-state index contributed by atoms with van der Waals surface area (Å²) in [7, 11) is 0. The van der Waals surface area contributed by atoms with E-state index in [-0.39, 0.29) is 17.1 Å². The van der Waals surface area contributed by atoms with Crippen LogP contribution in [0, 0.1) is 28.6 Å². The van der Waals surface area contributed by atoms with Crippen molar-refractivity contribution < 1.29 is 14.7 Å². The first-order valence-electron chi connectivity index (χ1n) is 10.1. The Labute approximate surface area is 158 Å². The molecule has 0 radical (unpaired) electrons. The van der Waals surface area contributed by atoms with Gasteiger partial charge in [-0.2, -0.15) is 0 Å². The maximum atomic E-state index is 12.1. The maximum Gasteiger partial charge on any atom is 0.156 e. The van der Waals surface area contributed by atoms with Crippen LogP contribution in [0.2, 0.25) is 0 Å². The van der Waals surface area contributed by atoms with Gasteiger partial charge in [0.1, 0.15) is 6.29 Å². The van der Waals surface area contributed by atoms with Gasteiger partial charge in [0.2, 0.25) is 0 Å². The molecule has 0 aromatic heterocycles.